The minimum Gasteiger partial charge on any atom is -0.329 e. The van der Waals surface area contributed by atoms with Gasteiger partial charge in [-0.3, -0.25) is 5.43 Å². The maximum atomic E-state index is 13.5. The number of halogens is 4. The largest absolute Gasteiger partial charge is 0.416 e. The number of hydrogen-bond donors (Lipinski definition) is 2. The molecule has 0 heterocycles. The summed E-state index contributed by atoms with van der Waals surface area (Å²) in [6.45, 7) is 1.54. The van der Waals surface area contributed by atoms with Crippen molar-refractivity contribution in [3.8, 4) is 0 Å². The molecule has 2 rings (SSSR count). The molecule has 0 spiro atoms. The average Bonchev–Trinajstić information content (AvgIpc) is 2.54. The summed E-state index contributed by atoms with van der Waals surface area (Å²) in [7, 11) is 0. The van der Waals surface area contributed by atoms with E-state index >= 15 is 0 Å². The lowest BCUT2D eigenvalue weighted by molar-refractivity contribution is -0.137. The van der Waals surface area contributed by atoms with Crippen LogP contribution in [0.1, 0.15) is 18.1 Å². The molecule has 0 saturated carbocycles. The third kappa shape index (κ3) is 4.76. The van der Waals surface area contributed by atoms with Gasteiger partial charge in [-0.2, -0.15) is 18.3 Å². The Hall–Kier alpha value is -2.48. The van der Waals surface area contributed by atoms with Crippen LogP contribution in [0.5, 0.6) is 0 Å². The number of thiocarbonyl (C=S) groups is 1. The molecule has 0 aliphatic carbocycles. The Bertz CT molecular complexity index is 772. The van der Waals surface area contributed by atoms with Crippen molar-refractivity contribution >= 4 is 28.7 Å². The number of benzene rings is 2. The minimum absolute atomic E-state index is 0.0198. The Morgan fingerprint density at radius 3 is 2.46 bits per heavy atom. The van der Waals surface area contributed by atoms with Crippen LogP contribution >= 0.6 is 12.2 Å². The lowest BCUT2D eigenvalue weighted by Crippen LogP contribution is -2.25. The molecule has 126 valence electrons. The predicted octanol–water partition coefficient (Wildman–Crippen LogP) is 4.56. The van der Waals surface area contributed by atoms with Gasteiger partial charge < -0.3 is 5.32 Å². The van der Waals surface area contributed by atoms with Crippen molar-refractivity contribution in [1.82, 2.24) is 5.43 Å². The molecule has 0 radical (unpaired) electrons. The summed E-state index contributed by atoms with van der Waals surface area (Å²) in [4.78, 5) is 0. The number of hydrogen-bond acceptors (Lipinski definition) is 2. The standard InChI is InChI=1S/C16H13F4N3S/c1-10(11-5-4-6-12(9-11)16(18,19)20)22-23-15(24)21-14-8-3-2-7-13(14)17/h2-9H,1H3,(H2,21,23,24)/b22-10+. The van der Waals surface area contributed by atoms with Crippen LogP contribution in [-0.4, -0.2) is 10.8 Å². The van der Waals surface area contributed by atoms with Gasteiger partial charge >= 0.3 is 6.18 Å². The highest BCUT2D eigenvalue weighted by Gasteiger charge is 2.30. The fraction of sp³-hybridized carbons (Fsp3) is 0.125. The fourth-order valence-corrected chi connectivity index (χ4v) is 1.99. The normalized spacial score (nSPS) is 12.0. The van der Waals surface area contributed by atoms with Crippen LogP contribution in [0, 0.1) is 5.82 Å². The summed E-state index contributed by atoms with van der Waals surface area (Å²) >= 11 is 4.97. The Morgan fingerprint density at radius 1 is 1.08 bits per heavy atom. The Kier molecular flexibility index (Phi) is 5.50. The van der Waals surface area contributed by atoms with Crippen LogP contribution in [0.15, 0.2) is 53.6 Å². The van der Waals surface area contributed by atoms with E-state index in [0.29, 0.717) is 11.3 Å². The summed E-state index contributed by atoms with van der Waals surface area (Å²) in [5, 5.41) is 6.55. The lowest BCUT2D eigenvalue weighted by Gasteiger charge is -2.10. The van der Waals surface area contributed by atoms with Gasteiger partial charge in [-0.1, -0.05) is 24.3 Å². The van der Waals surface area contributed by atoms with Gasteiger partial charge in [-0.05, 0) is 49.0 Å². The number of rotatable bonds is 3. The molecule has 2 N–H and O–H groups in total. The van der Waals surface area contributed by atoms with E-state index in [0.717, 1.165) is 12.1 Å². The van der Waals surface area contributed by atoms with E-state index in [1.165, 1.54) is 37.3 Å². The molecular weight excluding hydrogens is 342 g/mol. The van der Waals surface area contributed by atoms with Crippen molar-refractivity contribution in [2.45, 2.75) is 13.1 Å². The van der Waals surface area contributed by atoms with E-state index in [1.807, 2.05) is 0 Å². The summed E-state index contributed by atoms with van der Waals surface area (Å²) in [6.07, 6.45) is -4.43. The predicted molar refractivity (Wildman–Crippen MR) is 89.4 cm³/mol. The van der Waals surface area contributed by atoms with Gasteiger partial charge in [0.15, 0.2) is 5.11 Å². The highest BCUT2D eigenvalue weighted by atomic mass is 32.1. The van der Waals surface area contributed by atoms with Gasteiger partial charge in [-0.25, -0.2) is 4.39 Å². The first kappa shape index (κ1) is 17.9. The molecule has 0 aromatic heterocycles. The van der Waals surface area contributed by atoms with Crippen LogP contribution in [0.3, 0.4) is 0 Å². The van der Waals surface area contributed by atoms with Gasteiger partial charge in [0, 0.05) is 0 Å². The second kappa shape index (κ2) is 7.39. The van der Waals surface area contributed by atoms with Crippen molar-refractivity contribution in [2.24, 2.45) is 5.10 Å². The third-order valence-electron chi connectivity index (χ3n) is 3.05. The highest BCUT2D eigenvalue weighted by Crippen LogP contribution is 2.29. The number of nitrogens with one attached hydrogen (secondary N) is 2. The van der Waals surface area contributed by atoms with E-state index in [-0.39, 0.29) is 10.8 Å². The first-order valence-electron chi connectivity index (χ1n) is 6.81. The highest BCUT2D eigenvalue weighted by molar-refractivity contribution is 7.80. The second-order valence-corrected chi connectivity index (χ2v) is 5.23. The van der Waals surface area contributed by atoms with Gasteiger partial charge in [0.05, 0.1) is 17.0 Å². The fourth-order valence-electron chi connectivity index (χ4n) is 1.83. The summed E-state index contributed by atoms with van der Waals surface area (Å²) in [5.41, 5.74) is 2.48. The molecule has 24 heavy (non-hydrogen) atoms. The van der Waals surface area contributed by atoms with Crippen molar-refractivity contribution in [3.63, 3.8) is 0 Å². The lowest BCUT2D eigenvalue weighted by atomic mass is 10.1. The van der Waals surface area contributed by atoms with E-state index in [4.69, 9.17) is 12.2 Å². The molecule has 0 unspecified atom stereocenters. The Labute approximate surface area is 141 Å². The number of nitrogens with zero attached hydrogens (tertiary/aromatic N) is 1. The van der Waals surface area contributed by atoms with E-state index in [1.54, 1.807) is 6.07 Å². The van der Waals surface area contributed by atoms with Gasteiger partial charge in [0.2, 0.25) is 0 Å². The molecule has 8 heteroatoms. The van der Waals surface area contributed by atoms with Crippen LogP contribution in [0.2, 0.25) is 0 Å². The Morgan fingerprint density at radius 2 is 1.79 bits per heavy atom. The number of alkyl halides is 3. The van der Waals surface area contributed by atoms with Gasteiger partial charge in [-0.15, -0.1) is 0 Å². The molecule has 0 atom stereocenters. The zero-order valence-corrected chi connectivity index (χ0v) is 13.3. The van der Waals surface area contributed by atoms with Crippen molar-refractivity contribution in [2.75, 3.05) is 5.32 Å². The molecule has 3 nitrogen and oxygen atoms in total. The molecule has 0 aliphatic rings. The molecule has 0 fully saturated rings. The minimum atomic E-state index is -4.43. The molecular formula is C16H13F4N3S. The maximum Gasteiger partial charge on any atom is 0.416 e. The van der Waals surface area contributed by atoms with Crippen LogP contribution in [0.25, 0.3) is 0 Å². The number of hydrazone groups is 1. The monoisotopic (exact) mass is 355 g/mol. The molecule has 0 amide bonds. The average molecular weight is 355 g/mol. The number of para-hydroxylation sites is 1. The van der Waals surface area contributed by atoms with E-state index in [2.05, 4.69) is 15.8 Å². The van der Waals surface area contributed by atoms with Crippen LogP contribution in [0.4, 0.5) is 23.2 Å². The third-order valence-corrected chi connectivity index (χ3v) is 3.25. The van der Waals surface area contributed by atoms with E-state index in [9.17, 15) is 17.6 Å². The van der Waals surface area contributed by atoms with Crippen molar-refractivity contribution in [1.29, 1.82) is 0 Å². The zero-order valence-electron chi connectivity index (χ0n) is 12.5. The van der Waals surface area contributed by atoms with E-state index < -0.39 is 17.6 Å². The summed E-state index contributed by atoms with van der Waals surface area (Å²) in [5.74, 6) is -0.486. The Balaban J connectivity index is 2.06. The second-order valence-electron chi connectivity index (χ2n) is 4.82. The molecule has 2 aromatic rings. The zero-order chi connectivity index (χ0) is 17.7. The van der Waals surface area contributed by atoms with Crippen molar-refractivity contribution < 1.29 is 17.6 Å². The molecule has 0 bridgehead atoms. The van der Waals surface area contributed by atoms with Crippen LogP contribution in [-0.2, 0) is 6.18 Å². The SMILES string of the molecule is C/C(=N\NC(=S)Nc1ccccc1F)c1cccc(C(F)(F)F)c1. The van der Waals surface area contributed by atoms with Gasteiger partial charge in [0.25, 0.3) is 0 Å². The quantitative estimate of drug-likeness (QED) is 0.367. The first-order chi connectivity index (χ1) is 11.3. The molecule has 0 saturated heterocycles. The smallest absolute Gasteiger partial charge is 0.329 e. The topological polar surface area (TPSA) is 36.4 Å². The maximum absolute atomic E-state index is 13.5. The first-order valence-corrected chi connectivity index (χ1v) is 7.21. The molecule has 0 aliphatic heterocycles. The number of anilines is 1. The van der Waals surface area contributed by atoms with Crippen molar-refractivity contribution in [3.05, 3.63) is 65.5 Å². The van der Waals surface area contributed by atoms with Crippen LogP contribution < -0.4 is 10.7 Å². The summed E-state index contributed by atoms with van der Waals surface area (Å²) < 4.78 is 51.6. The van der Waals surface area contributed by atoms with Gasteiger partial charge in [0.1, 0.15) is 5.82 Å². The summed E-state index contributed by atoms with van der Waals surface area (Å²) in [6, 6.07) is 10.7. The molecule has 2 aromatic carbocycles.